The lowest BCUT2D eigenvalue weighted by Crippen LogP contribution is -2.56. The SMILES string of the molecule is CNC(=O)C(=O)CC[C@H](NC(=O)c1cccnn1)C(=O)Nc1cccn(CC(=O)NC2C3CC4CC(C3)CC2C4)c1=O. The fourth-order valence-corrected chi connectivity index (χ4v) is 6.98. The molecule has 0 aromatic carbocycles. The zero-order chi connectivity index (χ0) is 29.8. The van der Waals surface area contributed by atoms with E-state index in [4.69, 9.17) is 0 Å². The van der Waals surface area contributed by atoms with Gasteiger partial charge in [0.1, 0.15) is 18.3 Å². The maximum atomic E-state index is 13.2. The minimum atomic E-state index is -1.28. The standard InChI is InChI=1S/C29H35N7O6/c1-30-28(41)23(37)7-6-20(32-27(40)21-4-2-8-31-35-21)26(39)33-22-5-3-9-36(29(22)42)15-24(38)34-25-18-11-16-10-17(13-18)14-19(25)12-16/h2-5,8-9,16-20,25H,6-7,10-15H2,1H3,(H,30,41)(H,32,40)(H,33,39)(H,34,38)/t16?,17?,18?,19?,20-,25?/m0/s1. The van der Waals surface area contributed by atoms with E-state index in [0.717, 1.165) is 37.5 Å². The number of aromatic nitrogens is 3. The highest BCUT2D eigenvalue weighted by Gasteiger charge is 2.48. The highest BCUT2D eigenvalue weighted by atomic mass is 16.2. The fraction of sp³-hybridized carbons (Fsp3) is 0.517. The van der Waals surface area contributed by atoms with Crippen molar-refractivity contribution in [2.75, 3.05) is 12.4 Å². The Labute approximate surface area is 242 Å². The Morgan fingerprint density at radius 2 is 1.71 bits per heavy atom. The molecule has 4 amide bonds. The minimum Gasteiger partial charge on any atom is -0.353 e. The van der Waals surface area contributed by atoms with Crippen LogP contribution in [0.25, 0.3) is 0 Å². The average molecular weight is 578 g/mol. The molecule has 4 fully saturated rings. The number of nitrogens with zero attached hydrogens (tertiary/aromatic N) is 3. The number of hydrogen-bond donors (Lipinski definition) is 4. The molecule has 4 bridgehead atoms. The Kier molecular flexibility index (Phi) is 8.74. The van der Waals surface area contributed by atoms with Gasteiger partial charge in [0.05, 0.1) is 0 Å². The Bertz CT molecular complexity index is 1400. The van der Waals surface area contributed by atoms with E-state index in [2.05, 4.69) is 31.5 Å². The van der Waals surface area contributed by atoms with Gasteiger partial charge >= 0.3 is 0 Å². The maximum Gasteiger partial charge on any atom is 0.287 e. The van der Waals surface area contributed by atoms with E-state index in [1.54, 1.807) is 0 Å². The van der Waals surface area contributed by atoms with Crippen molar-refractivity contribution in [1.29, 1.82) is 0 Å². The van der Waals surface area contributed by atoms with Gasteiger partial charge in [-0.05, 0) is 86.5 Å². The van der Waals surface area contributed by atoms with Crippen molar-refractivity contribution < 1.29 is 24.0 Å². The van der Waals surface area contributed by atoms with Crippen molar-refractivity contribution in [3.05, 3.63) is 52.7 Å². The Morgan fingerprint density at radius 1 is 1.00 bits per heavy atom. The molecule has 42 heavy (non-hydrogen) atoms. The van der Waals surface area contributed by atoms with Crippen LogP contribution in [0.3, 0.4) is 0 Å². The second-order valence-electron chi connectivity index (χ2n) is 11.5. The minimum absolute atomic E-state index is 0.0554. The van der Waals surface area contributed by atoms with Crippen molar-refractivity contribution in [3.63, 3.8) is 0 Å². The molecule has 4 N–H and O–H groups in total. The number of anilines is 1. The smallest absolute Gasteiger partial charge is 0.287 e. The van der Waals surface area contributed by atoms with E-state index in [1.807, 2.05) is 0 Å². The Hall–Kier alpha value is -4.42. The lowest BCUT2D eigenvalue weighted by atomic mass is 9.54. The summed E-state index contributed by atoms with van der Waals surface area (Å²) in [5.74, 6) is -0.788. The molecule has 4 saturated carbocycles. The molecule has 0 saturated heterocycles. The molecule has 2 aromatic rings. The van der Waals surface area contributed by atoms with Crippen LogP contribution in [0.2, 0.25) is 0 Å². The largest absolute Gasteiger partial charge is 0.353 e. The number of ketones is 1. The molecular formula is C29H35N7O6. The van der Waals surface area contributed by atoms with Crippen LogP contribution in [0, 0.1) is 23.7 Å². The van der Waals surface area contributed by atoms with Crippen LogP contribution < -0.4 is 26.8 Å². The predicted molar refractivity (Wildman–Crippen MR) is 150 cm³/mol. The topological polar surface area (TPSA) is 181 Å². The third-order valence-corrected chi connectivity index (χ3v) is 8.71. The van der Waals surface area contributed by atoms with Crippen molar-refractivity contribution in [3.8, 4) is 0 Å². The van der Waals surface area contributed by atoms with Crippen LogP contribution in [0.5, 0.6) is 0 Å². The fourth-order valence-electron chi connectivity index (χ4n) is 6.98. The molecule has 0 unspecified atom stereocenters. The first kappa shape index (κ1) is 29.1. The van der Waals surface area contributed by atoms with E-state index in [0.29, 0.717) is 11.8 Å². The van der Waals surface area contributed by atoms with Crippen LogP contribution in [0.15, 0.2) is 41.5 Å². The summed E-state index contributed by atoms with van der Waals surface area (Å²) in [7, 11) is 1.31. The lowest BCUT2D eigenvalue weighted by molar-refractivity contribution is -0.137. The second kappa shape index (κ2) is 12.6. The van der Waals surface area contributed by atoms with Gasteiger partial charge in [-0.2, -0.15) is 5.10 Å². The summed E-state index contributed by atoms with van der Waals surface area (Å²) in [4.78, 5) is 75.8. The molecule has 222 valence electrons. The number of carbonyl (C=O) groups is 5. The highest BCUT2D eigenvalue weighted by Crippen LogP contribution is 2.53. The van der Waals surface area contributed by atoms with Gasteiger partial charge in [0, 0.05) is 31.9 Å². The summed E-state index contributed by atoms with van der Waals surface area (Å²) in [5.41, 5.74) is -0.743. The third-order valence-electron chi connectivity index (χ3n) is 8.71. The van der Waals surface area contributed by atoms with Crippen molar-refractivity contribution >= 4 is 35.1 Å². The Balaban J connectivity index is 1.24. The molecule has 0 aliphatic heterocycles. The molecule has 0 radical (unpaired) electrons. The van der Waals surface area contributed by atoms with E-state index >= 15 is 0 Å². The summed E-state index contributed by atoms with van der Waals surface area (Å²) in [6, 6.07) is 4.69. The first-order valence-corrected chi connectivity index (χ1v) is 14.3. The molecular weight excluding hydrogens is 542 g/mol. The molecule has 4 aliphatic rings. The van der Waals surface area contributed by atoms with Crippen LogP contribution in [0.1, 0.15) is 55.4 Å². The van der Waals surface area contributed by atoms with E-state index in [1.165, 1.54) is 54.7 Å². The first-order chi connectivity index (χ1) is 20.2. The number of pyridine rings is 1. The van der Waals surface area contributed by atoms with Crippen molar-refractivity contribution in [2.45, 2.75) is 63.6 Å². The van der Waals surface area contributed by atoms with Gasteiger partial charge in [-0.1, -0.05) is 0 Å². The average Bonchev–Trinajstić information content (AvgIpc) is 2.98. The summed E-state index contributed by atoms with van der Waals surface area (Å²) < 4.78 is 1.23. The highest BCUT2D eigenvalue weighted by molar-refractivity contribution is 6.36. The van der Waals surface area contributed by atoms with Crippen molar-refractivity contribution in [2.24, 2.45) is 23.7 Å². The molecule has 2 aromatic heterocycles. The van der Waals surface area contributed by atoms with Gasteiger partial charge in [-0.25, -0.2) is 0 Å². The van der Waals surface area contributed by atoms with E-state index in [-0.39, 0.29) is 42.7 Å². The maximum absolute atomic E-state index is 13.2. The van der Waals surface area contributed by atoms with Gasteiger partial charge in [0.2, 0.25) is 17.6 Å². The molecule has 13 nitrogen and oxygen atoms in total. The number of Topliss-reactive ketones (excluding diaryl/α,β-unsaturated/α-hetero) is 1. The lowest BCUT2D eigenvalue weighted by Gasteiger charge is -2.54. The summed E-state index contributed by atoms with van der Waals surface area (Å²) in [6.45, 7) is -0.196. The Morgan fingerprint density at radius 3 is 2.36 bits per heavy atom. The van der Waals surface area contributed by atoms with Gasteiger partial charge < -0.3 is 25.8 Å². The molecule has 4 aliphatic carbocycles. The molecule has 13 heteroatoms. The van der Waals surface area contributed by atoms with Crippen LogP contribution in [-0.4, -0.2) is 63.3 Å². The summed E-state index contributed by atoms with van der Waals surface area (Å²) in [5, 5.41) is 17.8. The molecule has 1 atom stereocenters. The van der Waals surface area contributed by atoms with Gasteiger partial charge in [0.25, 0.3) is 17.4 Å². The number of amides is 4. The zero-order valence-corrected chi connectivity index (χ0v) is 23.4. The number of nitrogens with one attached hydrogen (secondary N) is 4. The van der Waals surface area contributed by atoms with Crippen LogP contribution in [-0.2, 0) is 25.7 Å². The van der Waals surface area contributed by atoms with Gasteiger partial charge in [0.15, 0.2) is 5.69 Å². The van der Waals surface area contributed by atoms with Gasteiger partial charge in [-0.3, -0.25) is 28.8 Å². The third kappa shape index (κ3) is 6.55. The van der Waals surface area contributed by atoms with Crippen molar-refractivity contribution in [1.82, 2.24) is 30.7 Å². The summed E-state index contributed by atoms with van der Waals surface area (Å²) >= 11 is 0. The van der Waals surface area contributed by atoms with E-state index in [9.17, 15) is 28.8 Å². The normalized spacial score (nSPS) is 24.4. The second-order valence-corrected chi connectivity index (χ2v) is 11.5. The quantitative estimate of drug-likeness (QED) is 0.277. The number of carbonyl (C=O) groups excluding carboxylic acids is 5. The monoisotopic (exact) mass is 577 g/mol. The number of hydrogen-bond acceptors (Lipinski definition) is 8. The zero-order valence-electron chi connectivity index (χ0n) is 23.4. The number of rotatable bonds is 11. The first-order valence-electron chi connectivity index (χ1n) is 14.3. The predicted octanol–water partition coefficient (Wildman–Crippen LogP) is 0.412. The molecule has 2 heterocycles. The van der Waals surface area contributed by atoms with E-state index < -0.39 is 35.1 Å². The van der Waals surface area contributed by atoms with Crippen LogP contribution >= 0.6 is 0 Å². The van der Waals surface area contributed by atoms with Gasteiger partial charge in [-0.15, -0.1) is 5.10 Å². The molecule has 0 spiro atoms. The number of likely N-dealkylation sites (N-methyl/N-ethyl adjacent to an activating group) is 1. The van der Waals surface area contributed by atoms with Crippen LogP contribution in [0.4, 0.5) is 5.69 Å². The molecule has 6 rings (SSSR count). The summed E-state index contributed by atoms with van der Waals surface area (Å²) in [6.07, 6.45) is 8.26.